The van der Waals surface area contributed by atoms with Crippen molar-refractivity contribution in [2.24, 2.45) is 0 Å². The molecule has 2 atom stereocenters. The van der Waals surface area contributed by atoms with Gasteiger partial charge in [-0.15, -0.1) is 0 Å². The molecule has 1 aromatic carbocycles. The largest absolute Gasteiger partial charge is 0.391 e. The van der Waals surface area contributed by atoms with E-state index >= 15 is 0 Å². The van der Waals surface area contributed by atoms with Crippen LogP contribution in [0.1, 0.15) is 6.42 Å². The number of hydrogen-bond acceptors (Lipinski definition) is 5. The van der Waals surface area contributed by atoms with Crippen LogP contribution in [-0.2, 0) is 11.3 Å². The van der Waals surface area contributed by atoms with E-state index in [1.165, 1.54) is 24.5 Å². The van der Waals surface area contributed by atoms with E-state index < -0.39 is 23.5 Å². The Balaban J connectivity index is 1.95. The van der Waals surface area contributed by atoms with Crippen molar-refractivity contribution in [3.63, 3.8) is 0 Å². The van der Waals surface area contributed by atoms with Gasteiger partial charge in [-0.05, 0) is 25.1 Å². The van der Waals surface area contributed by atoms with Crippen molar-refractivity contribution in [1.29, 1.82) is 0 Å². The molecule has 0 saturated carbocycles. The summed E-state index contributed by atoms with van der Waals surface area (Å²) in [4.78, 5) is 28.3. The van der Waals surface area contributed by atoms with Crippen LogP contribution in [0.4, 0.5) is 4.39 Å². The van der Waals surface area contributed by atoms with Crippen LogP contribution < -0.4 is 10.9 Å². The number of aliphatic hydroxyl groups excluding tert-OH is 1. The fraction of sp³-hybridized carbons (Fsp3) is 0.357. The van der Waals surface area contributed by atoms with E-state index in [0.29, 0.717) is 13.0 Å². The van der Waals surface area contributed by atoms with E-state index in [9.17, 15) is 19.1 Å². The zero-order chi connectivity index (χ0) is 15.0. The number of benzene rings is 1. The van der Waals surface area contributed by atoms with E-state index in [4.69, 9.17) is 0 Å². The number of fused-ring (bicyclic) bond motifs is 1. The zero-order valence-corrected chi connectivity index (χ0v) is 11.1. The molecule has 1 aliphatic rings. The first-order valence-corrected chi connectivity index (χ1v) is 6.66. The van der Waals surface area contributed by atoms with Crippen LogP contribution >= 0.6 is 0 Å². The number of ketones is 1. The normalized spacial score (nSPS) is 21.8. The Morgan fingerprint density at radius 3 is 3.05 bits per heavy atom. The molecule has 1 aliphatic heterocycles. The molecule has 0 bridgehead atoms. The molecule has 0 spiro atoms. The Morgan fingerprint density at radius 2 is 2.33 bits per heavy atom. The van der Waals surface area contributed by atoms with Crippen LogP contribution in [0.5, 0.6) is 0 Å². The first-order chi connectivity index (χ1) is 10.1. The number of Topliss-reactive ketones (excluding diaryl/α,β-unsaturated/α-hetero) is 1. The minimum atomic E-state index is -0.752. The monoisotopic (exact) mass is 291 g/mol. The summed E-state index contributed by atoms with van der Waals surface area (Å²) in [5.41, 5.74) is -0.346. The zero-order valence-electron chi connectivity index (χ0n) is 11.1. The number of carbonyl (C=O) groups excluding carboxylic acids is 1. The third kappa shape index (κ3) is 2.45. The van der Waals surface area contributed by atoms with Crippen molar-refractivity contribution in [1.82, 2.24) is 14.9 Å². The summed E-state index contributed by atoms with van der Waals surface area (Å²) in [5, 5.41) is 12.4. The highest BCUT2D eigenvalue weighted by Gasteiger charge is 2.31. The summed E-state index contributed by atoms with van der Waals surface area (Å²) in [5.74, 6) is -0.981. The Bertz CT molecular complexity index is 759. The topological polar surface area (TPSA) is 84.2 Å². The van der Waals surface area contributed by atoms with Gasteiger partial charge in [0, 0.05) is 0 Å². The van der Waals surface area contributed by atoms with E-state index in [1.807, 2.05) is 0 Å². The fourth-order valence-electron chi connectivity index (χ4n) is 2.56. The molecule has 7 heteroatoms. The summed E-state index contributed by atoms with van der Waals surface area (Å²) in [7, 11) is 0. The molecule has 21 heavy (non-hydrogen) atoms. The van der Waals surface area contributed by atoms with Gasteiger partial charge in [-0.2, -0.15) is 0 Å². The van der Waals surface area contributed by atoms with Gasteiger partial charge >= 0.3 is 0 Å². The number of nitrogens with one attached hydrogen (secondary N) is 1. The average molecular weight is 291 g/mol. The maximum Gasteiger partial charge on any atom is 0.264 e. The third-order valence-electron chi connectivity index (χ3n) is 3.66. The molecule has 0 aliphatic carbocycles. The smallest absolute Gasteiger partial charge is 0.264 e. The summed E-state index contributed by atoms with van der Waals surface area (Å²) in [6.45, 7) is 0.307. The van der Waals surface area contributed by atoms with Crippen molar-refractivity contribution in [2.75, 3.05) is 6.54 Å². The molecule has 1 fully saturated rings. The van der Waals surface area contributed by atoms with Crippen molar-refractivity contribution in [3.05, 3.63) is 40.7 Å². The second kappa shape index (κ2) is 5.34. The average Bonchev–Trinajstić information content (AvgIpc) is 2.88. The minimum Gasteiger partial charge on any atom is -0.391 e. The predicted octanol–water partition coefficient (Wildman–Crippen LogP) is -0.173. The lowest BCUT2D eigenvalue weighted by Gasteiger charge is -2.14. The Hall–Kier alpha value is -2.12. The van der Waals surface area contributed by atoms with Gasteiger partial charge in [-0.3, -0.25) is 14.2 Å². The number of carbonyl (C=O) groups is 1. The highest BCUT2D eigenvalue weighted by atomic mass is 19.1. The van der Waals surface area contributed by atoms with E-state index in [0.717, 1.165) is 4.57 Å². The number of aromatic nitrogens is 2. The van der Waals surface area contributed by atoms with Gasteiger partial charge in [0.25, 0.3) is 5.56 Å². The van der Waals surface area contributed by atoms with Crippen LogP contribution in [0.15, 0.2) is 29.3 Å². The molecule has 1 saturated heterocycles. The van der Waals surface area contributed by atoms with Gasteiger partial charge in [0.15, 0.2) is 5.78 Å². The highest BCUT2D eigenvalue weighted by molar-refractivity contribution is 5.85. The van der Waals surface area contributed by atoms with Crippen molar-refractivity contribution in [2.45, 2.75) is 25.1 Å². The summed E-state index contributed by atoms with van der Waals surface area (Å²) < 4.78 is 14.8. The molecule has 0 unspecified atom stereocenters. The van der Waals surface area contributed by atoms with Crippen LogP contribution in [0.3, 0.4) is 0 Å². The molecule has 110 valence electrons. The Morgan fingerprint density at radius 1 is 1.52 bits per heavy atom. The minimum absolute atomic E-state index is 0.132. The molecule has 3 rings (SSSR count). The lowest BCUT2D eigenvalue weighted by atomic mass is 10.1. The van der Waals surface area contributed by atoms with Crippen LogP contribution in [0, 0.1) is 5.82 Å². The van der Waals surface area contributed by atoms with Crippen molar-refractivity contribution in [3.8, 4) is 0 Å². The molecule has 0 radical (unpaired) electrons. The quantitative estimate of drug-likeness (QED) is 0.820. The fourth-order valence-corrected chi connectivity index (χ4v) is 2.56. The standard InChI is InChI=1S/C14H14FN3O3/c15-8-2-1-3-9-12(8)14(21)18(7-17-9)6-11(20)13-10(19)4-5-16-13/h1-3,7,10,13,16,19H,4-6H2/t10-,13-/m0/s1. The first kappa shape index (κ1) is 13.8. The Kier molecular flexibility index (Phi) is 3.52. The molecular weight excluding hydrogens is 277 g/mol. The predicted molar refractivity (Wildman–Crippen MR) is 73.4 cm³/mol. The van der Waals surface area contributed by atoms with Gasteiger partial charge in [0.05, 0.1) is 30.5 Å². The van der Waals surface area contributed by atoms with E-state index in [2.05, 4.69) is 10.3 Å². The molecule has 2 aromatic rings. The van der Waals surface area contributed by atoms with Crippen LogP contribution in [0.25, 0.3) is 10.9 Å². The highest BCUT2D eigenvalue weighted by Crippen LogP contribution is 2.11. The third-order valence-corrected chi connectivity index (χ3v) is 3.66. The SMILES string of the molecule is O=C(Cn1cnc2cccc(F)c2c1=O)[C@H]1NCC[C@@H]1O. The van der Waals surface area contributed by atoms with Crippen molar-refractivity contribution < 1.29 is 14.3 Å². The van der Waals surface area contributed by atoms with Gasteiger partial charge in [-0.1, -0.05) is 6.07 Å². The summed E-state index contributed by atoms with van der Waals surface area (Å²) in [6.07, 6.45) is 0.970. The second-order valence-electron chi connectivity index (χ2n) is 5.07. The van der Waals surface area contributed by atoms with Crippen LogP contribution in [0.2, 0.25) is 0 Å². The van der Waals surface area contributed by atoms with E-state index in [-0.39, 0.29) is 23.2 Å². The van der Waals surface area contributed by atoms with Gasteiger partial charge < -0.3 is 10.4 Å². The first-order valence-electron chi connectivity index (χ1n) is 6.66. The number of halogens is 1. The molecule has 0 amide bonds. The maximum atomic E-state index is 13.7. The molecular formula is C14H14FN3O3. The van der Waals surface area contributed by atoms with Gasteiger partial charge in [0.1, 0.15) is 11.2 Å². The Labute approximate surface area is 119 Å². The molecule has 2 N–H and O–H groups in total. The number of nitrogens with zero attached hydrogens (tertiary/aromatic N) is 2. The second-order valence-corrected chi connectivity index (χ2v) is 5.07. The van der Waals surface area contributed by atoms with Gasteiger partial charge in [0.2, 0.25) is 0 Å². The molecule has 1 aromatic heterocycles. The van der Waals surface area contributed by atoms with E-state index in [1.54, 1.807) is 0 Å². The summed E-state index contributed by atoms with van der Waals surface area (Å²) in [6, 6.07) is 3.50. The summed E-state index contributed by atoms with van der Waals surface area (Å²) >= 11 is 0. The lowest BCUT2D eigenvalue weighted by Crippen LogP contribution is -2.41. The number of rotatable bonds is 3. The number of hydrogen-bond donors (Lipinski definition) is 2. The molecule has 6 nitrogen and oxygen atoms in total. The lowest BCUT2D eigenvalue weighted by molar-refractivity contribution is -0.123. The number of aliphatic hydroxyl groups is 1. The maximum absolute atomic E-state index is 13.7. The van der Waals surface area contributed by atoms with Crippen LogP contribution in [-0.4, -0.2) is 39.1 Å². The van der Waals surface area contributed by atoms with Gasteiger partial charge in [-0.25, -0.2) is 9.37 Å². The van der Waals surface area contributed by atoms with Crippen molar-refractivity contribution >= 4 is 16.7 Å². The molecule has 2 heterocycles.